The number of nitrogens with zero attached hydrogens (tertiary/aromatic N) is 5. The number of benzene rings is 1. The maximum absolute atomic E-state index is 13.2. The second kappa shape index (κ2) is 5.70. The van der Waals surface area contributed by atoms with Gasteiger partial charge < -0.3 is 9.47 Å². The molecule has 1 aromatic carbocycles. The van der Waals surface area contributed by atoms with Crippen LogP contribution in [0.3, 0.4) is 0 Å². The Morgan fingerprint density at radius 2 is 2.04 bits per heavy atom. The van der Waals surface area contributed by atoms with Crippen molar-refractivity contribution in [2.24, 2.45) is 0 Å². The Balaban J connectivity index is 1.57. The van der Waals surface area contributed by atoms with E-state index in [1.807, 2.05) is 18.9 Å². The number of aromatic nitrogens is 3. The van der Waals surface area contributed by atoms with Gasteiger partial charge in [0.15, 0.2) is 0 Å². The van der Waals surface area contributed by atoms with Gasteiger partial charge in [-0.05, 0) is 44.0 Å². The minimum atomic E-state index is -0.141. The first-order valence-corrected chi connectivity index (χ1v) is 8.49. The SMILES string of the molecule is Cc1cccc2c1CN(C(=O)C1Cn3c(C)nnc3CN1C)CC2. The normalized spacial score (nSPS) is 20.6. The molecule has 2 aliphatic heterocycles. The van der Waals surface area contributed by atoms with Gasteiger partial charge in [0.2, 0.25) is 5.91 Å². The van der Waals surface area contributed by atoms with Crippen LogP contribution in [-0.4, -0.2) is 50.1 Å². The molecule has 6 nitrogen and oxygen atoms in total. The molecule has 0 radical (unpaired) electrons. The highest BCUT2D eigenvalue weighted by atomic mass is 16.2. The number of aryl methyl sites for hydroxylation is 2. The highest BCUT2D eigenvalue weighted by Gasteiger charge is 2.35. The Morgan fingerprint density at radius 3 is 2.88 bits per heavy atom. The summed E-state index contributed by atoms with van der Waals surface area (Å²) in [7, 11) is 2.00. The molecule has 0 aliphatic carbocycles. The Morgan fingerprint density at radius 1 is 1.21 bits per heavy atom. The lowest BCUT2D eigenvalue weighted by molar-refractivity contribution is -0.139. The zero-order chi connectivity index (χ0) is 16.8. The van der Waals surface area contributed by atoms with Crippen molar-refractivity contribution in [2.45, 2.75) is 45.9 Å². The van der Waals surface area contributed by atoms with Gasteiger partial charge in [0.05, 0.1) is 13.1 Å². The van der Waals surface area contributed by atoms with Crippen molar-refractivity contribution in [3.63, 3.8) is 0 Å². The molecular weight excluding hydrogens is 302 g/mol. The van der Waals surface area contributed by atoms with Gasteiger partial charge in [-0.3, -0.25) is 9.69 Å². The largest absolute Gasteiger partial charge is 0.337 e. The van der Waals surface area contributed by atoms with E-state index >= 15 is 0 Å². The molecule has 2 aromatic rings. The Hall–Kier alpha value is -2.21. The van der Waals surface area contributed by atoms with E-state index in [4.69, 9.17) is 0 Å². The molecule has 24 heavy (non-hydrogen) atoms. The van der Waals surface area contributed by atoms with Crippen LogP contribution >= 0.6 is 0 Å². The van der Waals surface area contributed by atoms with E-state index in [0.29, 0.717) is 13.1 Å². The van der Waals surface area contributed by atoms with Crippen molar-refractivity contribution in [2.75, 3.05) is 13.6 Å². The molecule has 0 saturated heterocycles. The lowest BCUT2D eigenvalue weighted by Gasteiger charge is -2.38. The van der Waals surface area contributed by atoms with Crippen LogP contribution in [0.1, 0.15) is 28.3 Å². The van der Waals surface area contributed by atoms with Gasteiger partial charge in [0.25, 0.3) is 0 Å². The minimum absolute atomic E-state index is 0.141. The second-order valence-electron chi connectivity index (χ2n) is 6.93. The highest BCUT2D eigenvalue weighted by molar-refractivity contribution is 5.82. The van der Waals surface area contributed by atoms with E-state index in [1.54, 1.807) is 0 Å². The van der Waals surface area contributed by atoms with E-state index in [2.05, 4.69) is 44.8 Å². The maximum atomic E-state index is 13.2. The summed E-state index contributed by atoms with van der Waals surface area (Å²) in [4.78, 5) is 17.3. The van der Waals surface area contributed by atoms with Gasteiger partial charge >= 0.3 is 0 Å². The third-order valence-electron chi connectivity index (χ3n) is 5.39. The zero-order valence-corrected chi connectivity index (χ0v) is 14.5. The lowest BCUT2D eigenvalue weighted by atomic mass is 9.95. The van der Waals surface area contributed by atoms with Crippen LogP contribution in [0.5, 0.6) is 0 Å². The van der Waals surface area contributed by atoms with Crippen molar-refractivity contribution in [3.8, 4) is 0 Å². The van der Waals surface area contributed by atoms with Crippen LogP contribution in [0.4, 0.5) is 0 Å². The van der Waals surface area contributed by atoms with Crippen molar-refractivity contribution in [3.05, 3.63) is 46.5 Å². The summed E-state index contributed by atoms with van der Waals surface area (Å²) < 4.78 is 2.08. The number of likely N-dealkylation sites (N-methyl/N-ethyl adjacent to an activating group) is 1. The van der Waals surface area contributed by atoms with Crippen molar-refractivity contribution < 1.29 is 4.79 Å². The molecule has 1 amide bonds. The van der Waals surface area contributed by atoms with Crippen LogP contribution in [-0.2, 0) is 30.8 Å². The second-order valence-corrected chi connectivity index (χ2v) is 6.93. The average molecular weight is 325 g/mol. The van der Waals surface area contributed by atoms with Gasteiger partial charge in [0, 0.05) is 13.1 Å². The van der Waals surface area contributed by atoms with Crippen LogP contribution in [0.15, 0.2) is 18.2 Å². The fraction of sp³-hybridized carbons (Fsp3) is 0.500. The summed E-state index contributed by atoms with van der Waals surface area (Å²) >= 11 is 0. The molecule has 1 aromatic heterocycles. The van der Waals surface area contributed by atoms with E-state index in [1.165, 1.54) is 16.7 Å². The molecule has 6 heteroatoms. The number of amides is 1. The standard InChI is InChI=1S/C18H23N5O/c1-12-5-4-6-14-7-8-22(9-15(12)14)18(24)16-10-23-13(2)19-20-17(23)11-21(16)3/h4-6,16H,7-11H2,1-3H3. The van der Waals surface area contributed by atoms with E-state index in [-0.39, 0.29) is 11.9 Å². The molecule has 0 spiro atoms. The summed E-state index contributed by atoms with van der Waals surface area (Å²) in [6, 6.07) is 6.28. The van der Waals surface area contributed by atoms with Gasteiger partial charge in [-0.1, -0.05) is 18.2 Å². The lowest BCUT2D eigenvalue weighted by Crippen LogP contribution is -2.52. The number of carbonyl (C=O) groups excluding carboxylic acids is 1. The molecule has 1 atom stereocenters. The molecule has 4 rings (SSSR count). The first kappa shape index (κ1) is 15.3. The van der Waals surface area contributed by atoms with E-state index in [0.717, 1.165) is 31.2 Å². The zero-order valence-electron chi connectivity index (χ0n) is 14.5. The Bertz CT molecular complexity index is 797. The van der Waals surface area contributed by atoms with Crippen LogP contribution in [0.2, 0.25) is 0 Å². The number of hydrogen-bond donors (Lipinski definition) is 0. The fourth-order valence-electron chi connectivity index (χ4n) is 3.84. The predicted octanol–water partition coefficient (Wildman–Crippen LogP) is 1.29. The third kappa shape index (κ3) is 2.41. The molecule has 126 valence electrons. The van der Waals surface area contributed by atoms with Gasteiger partial charge in [0.1, 0.15) is 17.7 Å². The fourth-order valence-corrected chi connectivity index (χ4v) is 3.84. The Labute approximate surface area is 142 Å². The smallest absolute Gasteiger partial charge is 0.242 e. The predicted molar refractivity (Wildman–Crippen MR) is 90.3 cm³/mol. The van der Waals surface area contributed by atoms with E-state index < -0.39 is 0 Å². The van der Waals surface area contributed by atoms with Crippen LogP contribution < -0.4 is 0 Å². The summed E-state index contributed by atoms with van der Waals surface area (Å²) in [5.41, 5.74) is 3.98. The topological polar surface area (TPSA) is 54.3 Å². The molecule has 0 bridgehead atoms. The van der Waals surface area contributed by atoms with Gasteiger partial charge in [-0.2, -0.15) is 0 Å². The number of carbonyl (C=O) groups is 1. The molecular formula is C18H23N5O. The van der Waals surface area contributed by atoms with Crippen molar-refractivity contribution >= 4 is 5.91 Å². The first-order valence-electron chi connectivity index (χ1n) is 8.49. The van der Waals surface area contributed by atoms with Crippen LogP contribution in [0.25, 0.3) is 0 Å². The maximum Gasteiger partial charge on any atom is 0.242 e. The van der Waals surface area contributed by atoms with Gasteiger partial charge in [-0.15, -0.1) is 10.2 Å². The summed E-state index contributed by atoms with van der Waals surface area (Å²) in [5, 5.41) is 8.34. The molecule has 0 fully saturated rings. The highest BCUT2D eigenvalue weighted by Crippen LogP contribution is 2.24. The quantitative estimate of drug-likeness (QED) is 0.793. The minimum Gasteiger partial charge on any atom is -0.337 e. The van der Waals surface area contributed by atoms with Crippen molar-refractivity contribution in [1.29, 1.82) is 0 Å². The third-order valence-corrected chi connectivity index (χ3v) is 5.39. The van der Waals surface area contributed by atoms with Gasteiger partial charge in [-0.25, -0.2) is 0 Å². The summed E-state index contributed by atoms with van der Waals surface area (Å²) in [6.07, 6.45) is 0.941. The van der Waals surface area contributed by atoms with Crippen LogP contribution in [0, 0.1) is 13.8 Å². The molecule has 2 aliphatic rings. The molecule has 1 unspecified atom stereocenters. The monoisotopic (exact) mass is 325 g/mol. The molecule has 0 N–H and O–H groups in total. The first-order chi connectivity index (χ1) is 11.5. The number of rotatable bonds is 1. The molecule has 0 saturated carbocycles. The summed E-state index contributed by atoms with van der Waals surface area (Å²) in [5.74, 6) is 2.04. The Kier molecular flexibility index (Phi) is 3.64. The number of fused-ring (bicyclic) bond motifs is 2. The van der Waals surface area contributed by atoms with Crippen molar-refractivity contribution in [1.82, 2.24) is 24.6 Å². The summed E-state index contributed by atoms with van der Waals surface area (Å²) in [6.45, 7) is 6.91. The van der Waals surface area contributed by atoms with E-state index in [9.17, 15) is 4.79 Å². The average Bonchev–Trinajstić information content (AvgIpc) is 2.94. The number of hydrogen-bond acceptors (Lipinski definition) is 4. The molecule has 3 heterocycles.